The number of aromatic nitrogens is 1. The highest BCUT2D eigenvalue weighted by Crippen LogP contribution is 2.27. The van der Waals surface area contributed by atoms with E-state index in [9.17, 15) is 4.79 Å². The van der Waals surface area contributed by atoms with Crippen molar-refractivity contribution in [3.63, 3.8) is 0 Å². The molecule has 0 saturated heterocycles. The zero-order valence-electron chi connectivity index (χ0n) is 13.1. The molecule has 112 valence electrons. The van der Waals surface area contributed by atoms with E-state index < -0.39 is 0 Å². The third kappa shape index (κ3) is 4.69. The summed E-state index contributed by atoms with van der Waals surface area (Å²) < 4.78 is 0. The van der Waals surface area contributed by atoms with E-state index in [1.807, 2.05) is 0 Å². The van der Waals surface area contributed by atoms with Crippen molar-refractivity contribution >= 4 is 17.1 Å². The van der Waals surface area contributed by atoms with Crippen LogP contribution >= 0.6 is 11.3 Å². The molecule has 0 amide bonds. The van der Waals surface area contributed by atoms with E-state index in [-0.39, 0.29) is 5.41 Å². The van der Waals surface area contributed by atoms with Crippen molar-refractivity contribution in [2.45, 2.75) is 77.6 Å². The highest BCUT2D eigenvalue weighted by atomic mass is 32.1. The monoisotopic (exact) mass is 293 g/mol. The maximum absolute atomic E-state index is 12.2. The summed E-state index contributed by atoms with van der Waals surface area (Å²) >= 11 is 1.64. The standard InChI is InChI=1S/C17H27NOS/c1-17(2,3)15-12-20-16(18-15)11-14(19)10-13-8-6-4-5-7-9-13/h12-13H,4-11H2,1-3H3. The molecular weight excluding hydrogens is 266 g/mol. The number of Topliss-reactive ketones (excluding diaryl/α,β-unsaturated/α-hetero) is 1. The Morgan fingerprint density at radius 1 is 1.25 bits per heavy atom. The third-order valence-corrected chi connectivity index (χ3v) is 5.01. The van der Waals surface area contributed by atoms with E-state index in [0.29, 0.717) is 18.1 Å². The molecule has 1 aliphatic carbocycles. The van der Waals surface area contributed by atoms with Gasteiger partial charge in [0.15, 0.2) is 0 Å². The minimum Gasteiger partial charge on any atom is -0.299 e. The largest absolute Gasteiger partial charge is 0.299 e. The number of hydrogen-bond acceptors (Lipinski definition) is 3. The highest BCUT2D eigenvalue weighted by molar-refractivity contribution is 7.09. The quantitative estimate of drug-likeness (QED) is 0.738. The van der Waals surface area contributed by atoms with Gasteiger partial charge in [0.05, 0.1) is 12.1 Å². The predicted molar refractivity (Wildman–Crippen MR) is 85.3 cm³/mol. The van der Waals surface area contributed by atoms with Crippen molar-refractivity contribution in [1.29, 1.82) is 0 Å². The lowest BCUT2D eigenvalue weighted by atomic mass is 9.93. The lowest BCUT2D eigenvalue weighted by Gasteiger charge is -2.14. The smallest absolute Gasteiger partial charge is 0.139 e. The molecule has 1 aromatic rings. The first-order valence-corrected chi connectivity index (χ1v) is 8.79. The molecule has 2 rings (SSSR count). The van der Waals surface area contributed by atoms with Crippen molar-refractivity contribution in [3.05, 3.63) is 16.1 Å². The molecule has 1 saturated carbocycles. The van der Waals surface area contributed by atoms with Crippen LogP contribution in [0.2, 0.25) is 0 Å². The van der Waals surface area contributed by atoms with Gasteiger partial charge in [-0.3, -0.25) is 4.79 Å². The van der Waals surface area contributed by atoms with Gasteiger partial charge in [0.1, 0.15) is 10.8 Å². The molecule has 1 aromatic heterocycles. The van der Waals surface area contributed by atoms with Crippen LogP contribution in [0.25, 0.3) is 0 Å². The molecule has 0 N–H and O–H groups in total. The number of ketones is 1. The van der Waals surface area contributed by atoms with Gasteiger partial charge in [0.25, 0.3) is 0 Å². The second-order valence-electron chi connectivity index (χ2n) is 7.15. The van der Waals surface area contributed by atoms with Gasteiger partial charge < -0.3 is 0 Å². The van der Waals surface area contributed by atoms with Crippen LogP contribution in [0.5, 0.6) is 0 Å². The number of nitrogens with zero attached hydrogens (tertiary/aromatic N) is 1. The molecule has 1 aliphatic rings. The second kappa shape index (κ2) is 6.84. The maximum atomic E-state index is 12.2. The summed E-state index contributed by atoms with van der Waals surface area (Å²) in [5, 5.41) is 3.10. The SMILES string of the molecule is CC(C)(C)c1csc(CC(=O)CC2CCCCCC2)n1. The van der Waals surface area contributed by atoms with Gasteiger partial charge >= 0.3 is 0 Å². The van der Waals surface area contributed by atoms with Gasteiger partial charge in [-0.2, -0.15) is 0 Å². The molecule has 0 radical (unpaired) electrons. The van der Waals surface area contributed by atoms with Crippen molar-refractivity contribution < 1.29 is 4.79 Å². The Morgan fingerprint density at radius 3 is 2.45 bits per heavy atom. The Bertz CT molecular complexity index is 436. The number of carbonyl (C=O) groups is 1. The molecule has 0 aliphatic heterocycles. The minimum atomic E-state index is 0.0824. The van der Waals surface area contributed by atoms with Crippen LogP contribution in [0.15, 0.2) is 5.38 Å². The molecule has 0 unspecified atom stereocenters. The number of hydrogen-bond donors (Lipinski definition) is 0. The fraction of sp³-hybridized carbons (Fsp3) is 0.765. The number of carbonyl (C=O) groups excluding carboxylic acids is 1. The molecule has 0 spiro atoms. The van der Waals surface area contributed by atoms with Gasteiger partial charge in [-0.25, -0.2) is 4.98 Å². The summed E-state index contributed by atoms with van der Waals surface area (Å²) in [6, 6.07) is 0. The van der Waals surface area contributed by atoms with E-state index in [1.165, 1.54) is 38.5 Å². The van der Waals surface area contributed by atoms with Crippen molar-refractivity contribution in [3.8, 4) is 0 Å². The van der Waals surface area contributed by atoms with Crippen LogP contribution in [0.4, 0.5) is 0 Å². The second-order valence-corrected chi connectivity index (χ2v) is 8.10. The van der Waals surface area contributed by atoms with E-state index >= 15 is 0 Å². The van der Waals surface area contributed by atoms with Crippen LogP contribution in [0.1, 0.15) is 76.4 Å². The van der Waals surface area contributed by atoms with Gasteiger partial charge in [0.2, 0.25) is 0 Å². The lowest BCUT2D eigenvalue weighted by molar-refractivity contribution is -0.119. The Labute approximate surface area is 127 Å². The fourth-order valence-electron chi connectivity index (χ4n) is 2.87. The first-order valence-electron chi connectivity index (χ1n) is 7.92. The Hall–Kier alpha value is -0.700. The zero-order valence-corrected chi connectivity index (χ0v) is 13.9. The molecule has 0 aromatic carbocycles. The summed E-state index contributed by atoms with van der Waals surface area (Å²) in [4.78, 5) is 16.8. The van der Waals surface area contributed by atoms with E-state index in [2.05, 4.69) is 31.1 Å². The van der Waals surface area contributed by atoms with E-state index in [1.54, 1.807) is 11.3 Å². The average molecular weight is 293 g/mol. The molecule has 3 heteroatoms. The van der Waals surface area contributed by atoms with Crippen molar-refractivity contribution in [1.82, 2.24) is 4.98 Å². The zero-order chi connectivity index (χ0) is 14.6. The van der Waals surface area contributed by atoms with Crippen molar-refractivity contribution in [2.24, 2.45) is 5.92 Å². The van der Waals surface area contributed by atoms with Gasteiger partial charge in [-0.1, -0.05) is 59.3 Å². The van der Waals surface area contributed by atoms with Gasteiger partial charge in [0, 0.05) is 17.2 Å². The van der Waals surface area contributed by atoms with Gasteiger partial charge in [-0.15, -0.1) is 11.3 Å². The fourth-order valence-corrected chi connectivity index (χ4v) is 3.92. The van der Waals surface area contributed by atoms with Crippen LogP contribution in [-0.4, -0.2) is 10.8 Å². The molecule has 20 heavy (non-hydrogen) atoms. The molecule has 1 fully saturated rings. The predicted octanol–water partition coefficient (Wildman–Crippen LogP) is 4.91. The third-order valence-electron chi connectivity index (χ3n) is 4.16. The summed E-state index contributed by atoms with van der Waals surface area (Å²) in [5.74, 6) is 1.01. The normalized spacial score (nSPS) is 17.9. The number of rotatable bonds is 4. The summed E-state index contributed by atoms with van der Waals surface area (Å²) in [6.45, 7) is 6.50. The Kier molecular flexibility index (Phi) is 5.36. The highest BCUT2D eigenvalue weighted by Gasteiger charge is 2.20. The molecule has 0 atom stereocenters. The van der Waals surface area contributed by atoms with E-state index in [4.69, 9.17) is 0 Å². The molecule has 0 bridgehead atoms. The summed E-state index contributed by atoms with van der Waals surface area (Å²) in [6.07, 6.45) is 9.13. The first-order chi connectivity index (χ1) is 9.45. The molecular formula is C17H27NOS. The Morgan fingerprint density at radius 2 is 1.90 bits per heavy atom. The van der Waals surface area contributed by atoms with Crippen LogP contribution in [0.3, 0.4) is 0 Å². The number of thiazole rings is 1. The van der Waals surface area contributed by atoms with Crippen molar-refractivity contribution in [2.75, 3.05) is 0 Å². The summed E-state index contributed by atoms with van der Waals surface area (Å²) in [7, 11) is 0. The lowest BCUT2D eigenvalue weighted by Crippen LogP contribution is -2.13. The first kappa shape index (κ1) is 15.7. The minimum absolute atomic E-state index is 0.0824. The molecule has 2 nitrogen and oxygen atoms in total. The van der Waals surface area contributed by atoms with Crippen LogP contribution in [-0.2, 0) is 16.6 Å². The average Bonchev–Trinajstić information content (AvgIpc) is 2.67. The van der Waals surface area contributed by atoms with Crippen LogP contribution < -0.4 is 0 Å². The van der Waals surface area contributed by atoms with E-state index in [0.717, 1.165) is 17.1 Å². The van der Waals surface area contributed by atoms with Gasteiger partial charge in [-0.05, 0) is 5.92 Å². The topological polar surface area (TPSA) is 30.0 Å². The maximum Gasteiger partial charge on any atom is 0.139 e. The summed E-state index contributed by atoms with van der Waals surface area (Å²) in [5.41, 5.74) is 1.19. The molecule has 1 heterocycles. The van der Waals surface area contributed by atoms with Crippen LogP contribution in [0, 0.1) is 5.92 Å². The Balaban J connectivity index is 1.86.